The van der Waals surface area contributed by atoms with E-state index in [1.807, 2.05) is 24.5 Å². The Morgan fingerprint density at radius 1 is 1.00 bits per heavy atom. The fraction of sp³-hybridized carbons (Fsp3) is 0.353. The van der Waals surface area contributed by atoms with Gasteiger partial charge in [-0.3, -0.25) is 9.71 Å². The van der Waals surface area contributed by atoms with Crippen LogP contribution in [0.4, 0.5) is 5.69 Å². The number of benzene rings is 1. The third-order valence-corrected chi connectivity index (χ3v) is 4.72. The van der Waals surface area contributed by atoms with E-state index in [1.165, 1.54) is 16.1 Å². The molecular formula is C17H22N4S. The van der Waals surface area contributed by atoms with E-state index in [0.29, 0.717) is 0 Å². The molecule has 4 nitrogen and oxygen atoms in total. The van der Waals surface area contributed by atoms with Gasteiger partial charge in [-0.2, -0.15) is 0 Å². The molecule has 2 heterocycles. The number of hydrogen-bond donors (Lipinski definition) is 1. The van der Waals surface area contributed by atoms with Crippen molar-refractivity contribution in [2.75, 3.05) is 38.1 Å². The maximum atomic E-state index is 4.03. The summed E-state index contributed by atoms with van der Waals surface area (Å²) in [6, 6.07) is 12.9. The summed E-state index contributed by atoms with van der Waals surface area (Å²) in [6.07, 6.45) is 3.65. The maximum Gasteiger partial charge on any atom is 0.0367 e. The predicted molar refractivity (Wildman–Crippen MR) is 93.1 cm³/mol. The average molecular weight is 314 g/mol. The molecule has 1 N–H and O–H groups in total. The molecule has 0 aliphatic carbocycles. The largest absolute Gasteiger partial charge is 0.369 e. The second-order valence-corrected chi connectivity index (χ2v) is 6.53. The van der Waals surface area contributed by atoms with Crippen LogP contribution >= 0.6 is 11.9 Å². The molecule has 1 fully saturated rings. The van der Waals surface area contributed by atoms with E-state index in [2.05, 4.69) is 50.8 Å². The lowest BCUT2D eigenvalue weighted by Crippen LogP contribution is -2.44. The van der Waals surface area contributed by atoms with Crippen molar-refractivity contribution in [1.82, 2.24) is 14.6 Å². The molecule has 1 aromatic heterocycles. The van der Waals surface area contributed by atoms with Crippen molar-refractivity contribution < 1.29 is 0 Å². The van der Waals surface area contributed by atoms with Gasteiger partial charge in [0.1, 0.15) is 0 Å². The zero-order chi connectivity index (χ0) is 15.2. The lowest BCUT2D eigenvalue weighted by molar-refractivity contribution is 0.313. The number of pyridine rings is 1. The van der Waals surface area contributed by atoms with Gasteiger partial charge < -0.3 is 9.80 Å². The molecule has 1 aromatic carbocycles. The highest BCUT2D eigenvalue weighted by Crippen LogP contribution is 2.21. The first-order valence-corrected chi connectivity index (χ1v) is 8.45. The molecule has 0 atom stereocenters. The summed E-state index contributed by atoms with van der Waals surface area (Å²) in [5.74, 6) is 0. The fourth-order valence-electron chi connectivity index (χ4n) is 2.49. The van der Waals surface area contributed by atoms with Gasteiger partial charge in [0, 0.05) is 55.7 Å². The van der Waals surface area contributed by atoms with Crippen molar-refractivity contribution in [2.24, 2.45) is 0 Å². The summed E-state index contributed by atoms with van der Waals surface area (Å²) in [6.45, 7) is 5.36. The topological polar surface area (TPSA) is 31.4 Å². The maximum absolute atomic E-state index is 4.03. The SMILES string of the molecule is CN1CCN(c2ccc(SNCc3ccncc3)cc2)CC1. The first kappa shape index (κ1) is 15.3. The molecule has 1 aliphatic rings. The molecule has 1 saturated heterocycles. The molecule has 5 heteroatoms. The number of likely N-dealkylation sites (N-methyl/N-ethyl adjacent to an activating group) is 1. The Balaban J connectivity index is 1.49. The molecule has 22 heavy (non-hydrogen) atoms. The van der Waals surface area contributed by atoms with Crippen LogP contribution in [-0.2, 0) is 6.54 Å². The predicted octanol–water partition coefficient (Wildman–Crippen LogP) is 2.63. The van der Waals surface area contributed by atoms with Crippen molar-refractivity contribution in [3.63, 3.8) is 0 Å². The van der Waals surface area contributed by atoms with Crippen LogP contribution in [0.25, 0.3) is 0 Å². The average Bonchev–Trinajstić information content (AvgIpc) is 2.57. The van der Waals surface area contributed by atoms with Gasteiger partial charge in [-0.25, -0.2) is 0 Å². The van der Waals surface area contributed by atoms with Crippen LogP contribution in [0.1, 0.15) is 5.56 Å². The van der Waals surface area contributed by atoms with Crippen LogP contribution in [0, 0.1) is 0 Å². The van der Waals surface area contributed by atoms with Crippen molar-refractivity contribution in [3.05, 3.63) is 54.4 Å². The van der Waals surface area contributed by atoms with E-state index in [0.717, 1.165) is 32.7 Å². The summed E-state index contributed by atoms with van der Waals surface area (Å²) in [7, 11) is 2.19. The minimum Gasteiger partial charge on any atom is -0.369 e. The highest BCUT2D eigenvalue weighted by atomic mass is 32.2. The molecule has 0 amide bonds. The van der Waals surface area contributed by atoms with Crippen LogP contribution in [0.2, 0.25) is 0 Å². The van der Waals surface area contributed by atoms with Crippen molar-refractivity contribution >= 4 is 17.6 Å². The Hall–Kier alpha value is -1.56. The van der Waals surface area contributed by atoms with Crippen LogP contribution < -0.4 is 9.62 Å². The van der Waals surface area contributed by atoms with Crippen LogP contribution in [0.5, 0.6) is 0 Å². The molecule has 3 rings (SSSR count). The smallest absolute Gasteiger partial charge is 0.0367 e. The van der Waals surface area contributed by atoms with E-state index >= 15 is 0 Å². The van der Waals surface area contributed by atoms with Crippen LogP contribution in [0.15, 0.2) is 53.7 Å². The normalized spacial score (nSPS) is 16.0. The van der Waals surface area contributed by atoms with Crippen molar-refractivity contribution in [3.8, 4) is 0 Å². The molecule has 0 unspecified atom stereocenters. The number of hydrogen-bond acceptors (Lipinski definition) is 5. The van der Waals surface area contributed by atoms with E-state index in [4.69, 9.17) is 0 Å². The quantitative estimate of drug-likeness (QED) is 0.858. The van der Waals surface area contributed by atoms with Gasteiger partial charge in [0.25, 0.3) is 0 Å². The molecule has 0 saturated carbocycles. The van der Waals surface area contributed by atoms with Gasteiger partial charge in [-0.05, 0) is 61.0 Å². The molecule has 2 aromatic rings. The van der Waals surface area contributed by atoms with E-state index < -0.39 is 0 Å². The summed E-state index contributed by atoms with van der Waals surface area (Å²) in [4.78, 5) is 10.1. The summed E-state index contributed by atoms with van der Waals surface area (Å²) in [5, 5.41) is 0. The minimum atomic E-state index is 0.841. The summed E-state index contributed by atoms with van der Waals surface area (Å²) < 4.78 is 3.39. The Morgan fingerprint density at radius 3 is 2.36 bits per heavy atom. The van der Waals surface area contributed by atoms with Gasteiger partial charge in [0.05, 0.1) is 0 Å². The molecular weight excluding hydrogens is 292 g/mol. The second kappa shape index (κ2) is 7.63. The minimum absolute atomic E-state index is 0.841. The van der Waals surface area contributed by atoms with Crippen LogP contribution in [-0.4, -0.2) is 43.1 Å². The number of nitrogens with zero attached hydrogens (tertiary/aromatic N) is 3. The summed E-state index contributed by atoms with van der Waals surface area (Å²) >= 11 is 1.67. The van der Waals surface area contributed by atoms with E-state index in [1.54, 1.807) is 11.9 Å². The Kier molecular flexibility index (Phi) is 5.32. The highest BCUT2D eigenvalue weighted by molar-refractivity contribution is 7.97. The van der Waals surface area contributed by atoms with Crippen molar-refractivity contribution in [1.29, 1.82) is 0 Å². The van der Waals surface area contributed by atoms with Crippen LogP contribution in [0.3, 0.4) is 0 Å². The Bertz CT molecular complexity index is 565. The molecule has 116 valence electrons. The molecule has 0 spiro atoms. The van der Waals surface area contributed by atoms with Gasteiger partial charge >= 0.3 is 0 Å². The molecule has 1 aliphatic heterocycles. The lowest BCUT2D eigenvalue weighted by Gasteiger charge is -2.34. The Labute approximate surface area is 136 Å². The Morgan fingerprint density at radius 2 is 1.68 bits per heavy atom. The number of piperazine rings is 1. The van der Waals surface area contributed by atoms with Gasteiger partial charge in [0.15, 0.2) is 0 Å². The fourth-order valence-corrected chi connectivity index (χ4v) is 3.17. The number of rotatable bonds is 5. The highest BCUT2D eigenvalue weighted by Gasteiger charge is 2.13. The number of aromatic nitrogens is 1. The second-order valence-electron chi connectivity index (χ2n) is 5.56. The third kappa shape index (κ3) is 4.22. The zero-order valence-corrected chi connectivity index (χ0v) is 13.7. The monoisotopic (exact) mass is 314 g/mol. The van der Waals surface area contributed by atoms with E-state index in [-0.39, 0.29) is 0 Å². The van der Waals surface area contributed by atoms with Gasteiger partial charge in [0.2, 0.25) is 0 Å². The molecule has 0 radical (unpaired) electrons. The van der Waals surface area contributed by atoms with E-state index in [9.17, 15) is 0 Å². The standard InChI is InChI=1S/C17H22N4S/c1-20-10-12-21(13-11-20)16-2-4-17(5-3-16)22-19-14-15-6-8-18-9-7-15/h2-9,19H,10-14H2,1H3. The summed E-state index contributed by atoms with van der Waals surface area (Å²) in [5.41, 5.74) is 2.57. The van der Waals surface area contributed by atoms with Crippen molar-refractivity contribution in [2.45, 2.75) is 11.4 Å². The number of nitrogens with one attached hydrogen (secondary N) is 1. The number of anilines is 1. The first-order valence-electron chi connectivity index (χ1n) is 7.63. The zero-order valence-electron chi connectivity index (χ0n) is 12.9. The van der Waals surface area contributed by atoms with Gasteiger partial charge in [-0.1, -0.05) is 0 Å². The molecule has 0 bridgehead atoms. The van der Waals surface area contributed by atoms with Gasteiger partial charge in [-0.15, -0.1) is 0 Å². The third-order valence-electron chi connectivity index (χ3n) is 3.92. The lowest BCUT2D eigenvalue weighted by atomic mass is 10.2. The first-order chi connectivity index (χ1) is 10.8.